The van der Waals surface area contributed by atoms with Crippen LogP contribution in [0, 0.1) is 0 Å². The number of hydrogen-bond donors (Lipinski definition) is 1. The van der Waals surface area contributed by atoms with E-state index in [1.165, 1.54) is 6.42 Å². The van der Waals surface area contributed by atoms with Crippen molar-refractivity contribution in [3.05, 3.63) is 29.8 Å². The van der Waals surface area contributed by atoms with E-state index >= 15 is 0 Å². The summed E-state index contributed by atoms with van der Waals surface area (Å²) in [5, 5.41) is 2.94. The van der Waals surface area contributed by atoms with Crippen LogP contribution in [-0.2, 0) is 14.3 Å². The largest absolute Gasteiger partial charge is 0.494 e. The van der Waals surface area contributed by atoms with Gasteiger partial charge in [0.25, 0.3) is 5.91 Å². The quantitative estimate of drug-likeness (QED) is 0.486. The van der Waals surface area contributed by atoms with E-state index in [0.29, 0.717) is 12.2 Å². The van der Waals surface area contributed by atoms with Crippen LogP contribution in [-0.4, -0.2) is 36.4 Å². The molecule has 0 aromatic heterocycles. The molecule has 1 fully saturated rings. The lowest BCUT2D eigenvalue weighted by Crippen LogP contribution is -2.42. The summed E-state index contributed by atoms with van der Waals surface area (Å²) in [6.45, 7) is 4.22. The second kappa shape index (κ2) is 11.5. The van der Waals surface area contributed by atoms with Gasteiger partial charge in [-0.2, -0.15) is 0 Å². The molecule has 1 aliphatic rings. The Bertz CT molecular complexity index is 649. The minimum atomic E-state index is -0.848. The summed E-state index contributed by atoms with van der Waals surface area (Å²) in [5.74, 6) is -0.231. The molecule has 1 aromatic carbocycles. The van der Waals surface area contributed by atoms with Gasteiger partial charge in [0.15, 0.2) is 11.9 Å². The normalized spacial score (nSPS) is 15.5. The van der Waals surface area contributed by atoms with Crippen LogP contribution in [0.4, 0.5) is 0 Å². The second-order valence-corrected chi connectivity index (χ2v) is 7.27. The van der Waals surface area contributed by atoms with Gasteiger partial charge >= 0.3 is 5.97 Å². The number of esters is 1. The molecule has 1 aliphatic carbocycles. The highest BCUT2D eigenvalue weighted by molar-refractivity contribution is 5.97. The number of ketones is 1. The molecular weight excluding hydrogens is 358 g/mol. The van der Waals surface area contributed by atoms with Crippen LogP contribution in [0.3, 0.4) is 0 Å². The van der Waals surface area contributed by atoms with Crippen molar-refractivity contribution in [2.45, 2.75) is 77.4 Å². The highest BCUT2D eigenvalue weighted by Crippen LogP contribution is 2.18. The molecule has 6 nitrogen and oxygen atoms in total. The highest BCUT2D eigenvalue weighted by Gasteiger charge is 2.22. The third-order valence-corrected chi connectivity index (χ3v) is 4.83. The molecule has 0 aliphatic heterocycles. The first kappa shape index (κ1) is 21.9. The molecule has 1 amide bonds. The first-order valence-electron chi connectivity index (χ1n) is 10.3. The number of nitrogens with one attached hydrogen (secondary N) is 1. The minimum Gasteiger partial charge on any atom is -0.494 e. The van der Waals surface area contributed by atoms with Crippen LogP contribution in [0.25, 0.3) is 0 Å². The molecule has 2 rings (SSSR count). The van der Waals surface area contributed by atoms with Crippen LogP contribution in [0.2, 0.25) is 0 Å². The zero-order chi connectivity index (χ0) is 20.4. The Balaban J connectivity index is 1.71. The van der Waals surface area contributed by atoms with Crippen LogP contribution in [0.15, 0.2) is 24.3 Å². The van der Waals surface area contributed by atoms with Crippen molar-refractivity contribution in [3.8, 4) is 5.75 Å². The maximum atomic E-state index is 12.2. The average Bonchev–Trinajstić information content (AvgIpc) is 2.71. The van der Waals surface area contributed by atoms with E-state index in [0.717, 1.165) is 37.9 Å². The van der Waals surface area contributed by atoms with Gasteiger partial charge in [-0.05, 0) is 50.5 Å². The predicted molar refractivity (Wildman–Crippen MR) is 106 cm³/mol. The summed E-state index contributed by atoms with van der Waals surface area (Å²) < 4.78 is 10.7. The molecule has 154 valence electrons. The van der Waals surface area contributed by atoms with Crippen molar-refractivity contribution in [3.63, 3.8) is 0 Å². The van der Waals surface area contributed by atoms with Gasteiger partial charge in [-0.3, -0.25) is 14.4 Å². The molecule has 28 heavy (non-hydrogen) atoms. The topological polar surface area (TPSA) is 81.7 Å². The molecule has 0 saturated heterocycles. The van der Waals surface area contributed by atoms with Crippen molar-refractivity contribution in [1.82, 2.24) is 5.32 Å². The van der Waals surface area contributed by atoms with Gasteiger partial charge in [-0.25, -0.2) is 0 Å². The van der Waals surface area contributed by atoms with E-state index in [1.54, 1.807) is 31.2 Å². The first-order valence-corrected chi connectivity index (χ1v) is 10.3. The van der Waals surface area contributed by atoms with Crippen molar-refractivity contribution < 1.29 is 23.9 Å². The van der Waals surface area contributed by atoms with E-state index in [4.69, 9.17) is 9.47 Å². The Labute approximate surface area is 167 Å². The Morgan fingerprint density at radius 1 is 1.07 bits per heavy atom. The second-order valence-electron chi connectivity index (χ2n) is 7.27. The molecule has 1 unspecified atom stereocenters. The lowest BCUT2D eigenvalue weighted by Gasteiger charge is -2.24. The Hall–Kier alpha value is -2.37. The van der Waals surface area contributed by atoms with Gasteiger partial charge in [-0.15, -0.1) is 0 Å². The molecule has 0 radical (unpaired) electrons. The molecule has 0 spiro atoms. The summed E-state index contributed by atoms with van der Waals surface area (Å²) in [6.07, 6.45) is 5.46. The number of rotatable bonds is 10. The lowest BCUT2D eigenvalue weighted by atomic mass is 9.95. The van der Waals surface area contributed by atoms with Crippen molar-refractivity contribution in [2.75, 3.05) is 6.61 Å². The van der Waals surface area contributed by atoms with E-state index in [1.807, 2.05) is 6.92 Å². The SMILES string of the molecule is CCCOc1ccc(C(=O)CCC(=O)OC(C)C(=O)NC2CCCCC2)cc1. The molecule has 1 atom stereocenters. The Kier molecular flexibility index (Phi) is 8.98. The van der Waals surface area contributed by atoms with Gasteiger partial charge in [-0.1, -0.05) is 26.2 Å². The van der Waals surface area contributed by atoms with E-state index in [9.17, 15) is 14.4 Å². The van der Waals surface area contributed by atoms with Gasteiger partial charge in [0.1, 0.15) is 5.75 Å². The van der Waals surface area contributed by atoms with Gasteiger partial charge in [0.05, 0.1) is 13.0 Å². The maximum absolute atomic E-state index is 12.2. The molecule has 1 N–H and O–H groups in total. The molecule has 0 bridgehead atoms. The predicted octanol–water partition coefficient (Wildman–Crippen LogP) is 3.82. The first-order chi connectivity index (χ1) is 13.5. The number of carbonyl (C=O) groups excluding carboxylic acids is 3. The molecule has 6 heteroatoms. The summed E-state index contributed by atoms with van der Waals surface area (Å²) in [6, 6.07) is 7.06. The fourth-order valence-electron chi connectivity index (χ4n) is 3.19. The minimum absolute atomic E-state index is 0.0466. The standard InChI is InChI=1S/C22H31NO5/c1-3-15-27-19-11-9-17(10-12-19)20(24)13-14-21(25)28-16(2)22(26)23-18-7-5-4-6-8-18/h9-12,16,18H,3-8,13-15H2,1-2H3,(H,23,26). The molecule has 1 aromatic rings. The van der Waals surface area contributed by atoms with E-state index in [-0.39, 0.29) is 30.6 Å². The van der Waals surface area contributed by atoms with Gasteiger partial charge in [0.2, 0.25) is 0 Å². The van der Waals surface area contributed by atoms with Gasteiger partial charge in [0, 0.05) is 18.0 Å². The van der Waals surface area contributed by atoms with Crippen LogP contribution in [0.5, 0.6) is 5.75 Å². The zero-order valence-electron chi connectivity index (χ0n) is 16.9. The summed E-state index contributed by atoms with van der Waals surface area (Å²) in [5.41, 5.74) is 0.528. The molecule has 1 saturated carbocycles. The number of carbonyl (C=O) groups is 3. The third kappa shape index (κ3) is 7.33. The van der Waals surface area contributed by atoms with Crippen molar-refractivity contribution in [2.24, 2.45) is 0 Å². The summed E-state index contributed by atoms with van der Waals surface area (Å²) in [7, 11) is 0. The number of amides is 1. The molecule has 0 heterocycles. The van der Waals surface area contributed by atoms with E-state index in [2.05, 4.69) is 5.32 Å². The van der Waals surface area contributed by atoms with Crippen LogP contribution >= 0.6 is 0 Å². The average molecular weight is 389 g/mol. The fraction of sp³-hybridized carbons (Fsp3) is 0.591. The van der Waals surface area contributed by atoms with Gasteiger partial charge < -0.3 is 14.8 Å². The maximum Gasteiger partial charge on any atom is 0.307 e. The van der Waals surface area contributed by atoms with Crippen molar-refractivity contribution >= 4 is 17.7 Å². The Morgan fingerprint density at radius 2 is 1.75 bits per heavy atom. The van der Waals surface area contributed by atoms with Crippen LogP contribution in [0.1, 0.15) is 75.6 Å². The fourth-order valence-corrected chi connectivity index (χ4v) is 3.19. The summed E-state index contributed by atoms with van der Waals surface area (Å²) >= 11 is 0. The Morgan fingerprint density at radius 3 is 2.39 bits per heavy atom. The van der Waals surface area contributed by atoms with E-state index < -0.39 is 12.1 Å². The number of hydrogen-bond acceptors (Lipinski definition) is 5. The zero-order valence-corrected chi connectivity index (χ0v) is 16.9. The highest BCUT2D eigenvalue weighted by atomic mass is 16.5. The molecular formula is C22H31NO5. The van der Waals surface area contributed by atoms with Crippen molar-refractivity contribution in [1.29, 1.82) is 0 Å². The third-order valence-electron chi connectivity index (χ3n) is 4.83. The number of ether oxygens (including phenoxy) is 2. The monoisotopic (exact) mass is 389 g/mol. The van der Waals surface area contributed by atoms with Crippen LogP contribution < -0.4 is 10.1 Å². The number of benzene rings is 1. The lowest BCUT2D eigenvalue weighted by molar-refractivity contribution is -0.155. The smallest absolute Gasteiger partial charge is 0.307 e. The number of Topliss-reactive ketones (excluding diaryl/α,β-unsaturated/α-hetero) is 1. The summed E-state index contributed by atoms with van der Waals surface area (Å²) in [4.78, 5) is 36.4.